The molecular weight excluding hydrogens is 436 g/mol. The Labute approximate surface area is 170 Å². The van der Waals surface area contributed by atoms with Gasteiger partial charge in [0.1, 0.15) is 0 Å². The molecule has 0 spiro atoms. The summed E-state index contributed by atoms with van der Waals surface area (Å²) in [5.74, 6) is -3.96. The summed E-state index contributed by atoms with van der Waals surface area (Å²) in [4.78, 5) is 46.8. The van der Waals surface area contributed by atoms with E-state index < -0.39 is 37.9 Å². The van der Waals surface area contributed by atoms with Crippen molar-refractivity contribution >= 4 is 45.1 Å². The van der Waals surface area contributed by atoms with E-state index in [1.54, 1.807) is 14.7 Å². The van der Waals surface area contributed by atoms with Crippen LogP contribution in [0.25, 0.3) is 0 Å². The first kappa shape index (κ1) is 26.1. The van der Waals surface area contributed by atoms with Crippen molar-refractivity contribution in [1.29, 1.82) is 0 Å². The molecule has 0 bridgehead atoms. The van der Waals surface area contributed by atoms with Gasteiger partial charge in [-0.15, -0.1) is 0 Å². The fourth-order valence-electron chi connectivity index (χ4n) is 2.66. The topological polar surface area (TPSA) is 167 Å². The number of aliphatic carboxylic acids is 3. The molecular formula is C14H23GaN3O8P. The van der Waals surface area contributed by atoms with E-state index in [1.165, 1.54) is 0 Å². The van der Waals surface area contributed by atoms with Crippen LogP contribution >= 0.6 is 7.37 Å². The van der Waals surface area contributed by atoms with Crippen LogP contribution in [0.15, 0.2) is 0 Å². The summed E-state index contributed by atoms with van der Waals surface area (Å²) in [5.41, 5.74) is 0. The molecule has 13 heteroatoms. The summed E-state index contributed by atoms with van der Waals surface area (Å²) in [7, 11) is -3.75. The number of carboxylic acid groups (broad SMARTS) is 3. The second-order valence-electron chi connectivity index (χ2n) is 6.25. The summed E-state index contributed by atoms with van der Waals surface area (Å²) in [6.45, 7) is 1.06. The van der Waals surface area contributed by atoms with Gasteiger partial charge < -0.3 is 34.6 Å². The molecule has 27 heavy (non-hydrogen) atoms. The monoisotopic (exact) mass is 459 g/mol. The maximum absolute atomic E-state index is 12.2. The van der Waals surface area contributed by atoms with E-state index >= 15 is 0 Å². The van der Waals surface area contributed by atoms with Crippen LogP contribution in [0.2, 0.25) is 0 Å². The summed E-state index contributed by atoms with van der Waals surface area (Å²) < 4.78 is 12.2. The Kier molecular flexibility index (Phi) is 12.1. The van der Waals surface area contributed by atoms with E-state index in [4.69, 9.17) is 0 Å². The van der Waals surface area contributed by atoms with Crippen molar-refractivity contribution < 1.29 is 39.2 Å². The summed E-state index contributed by atoms with van der Waals surface area (Å²) in [6.07, 6.45) is -1.22. The first-order valence-electron chi connectivity index (χ1n) is 8.15. The summed E-state index contributed by atoms with van der Waals surface area (Å²) in [6, 6.07) is 0. The predicted octanol–water partition coefficient (Wildman–Crippen LogP) is -5.61. The van der Waals surface area contributed by atoms with Crippen LogP contribution < -0.4 is 15.3 Å². The van der Waals surface area contributed by atoms with Crippen LogP contribution in [0.1, 0.15) is 6.42 Å². The van der Waals surface area contributed by atoms with Crippen LogP contribution in [0.3, 0.4) is 0 Å². The number of nitrogens with zero attached hydrogens (tertiary/aromatic N) is 3. The van der Waals surface area contributed by atoms with Gasteiger partial charge in [0.2, 0.25) is 7.37 Å². The first-order valence-corrected chi connectivity index (χ1v) is 10.2. The minimum Gasteiger partial charge on any atom is -0.550 e. The van der Waals surface area contributed by atoms with Crippen LogP contribution in [-0.4, -0.2) is 122 Å². The van der Waals surface area contributed by atoms with Gasteiger partial charge in [-0.1, -0.05) is 0 Å². The Balaban J connectivity index is 0.00000676. The van der Waals surface area contributed by atoms with Gasteiger partial charge in [0.05, 0.1) is 18.2 Å². The van der Waals surface area contributed by atoms with E-state index in [-0.39, 0.29) is 65.3 Å². The smallest absolute Gasteiger partial charge is 0.550 e. The summed E-state index contributed by atoms with van der Waals surface area (Å²) >= 11 is 0. The fourth-order valence-corrected chi connectivity index (χ4v) is 4.24. The van der Waals surface area contributed by atoms with Crippen molar-refractivity contribution in [3.05, 3.63) is 0 Å². The molecule has 0 aromatic rings. The van der Waals surface area contributed by atoms with Crippen molar-refractivity contribution in [3.8, 4) is 0 Å². The van der Waals surface area contributed by atoms with Gasteiger partial charge >= 0.3 is 19.8 Å². The SMILES string of the molecule is O=C([O-])CCP(=O)(O)CN1CCN(CC(=O)[O-])CCN(CC(=O)[O-])CC1.[67Ga+3]. The standard InChI is InChI=1S/C14H26N3O8P.Ga/c18-12(19)1-8-26(24,25)11-17-6-4-15(9-13(20)21)2-3-16(5-7-17)10-14(22)23;/h1-11H2,(H,18,19)(H,20,21)(H,22,23)(H,24,25);/q;+3/p-3/i;1-3. The maximum atomic E-state index is 12.2. The van der Waals surface area contributed by atoms with Crippen molar-refractivity contribution in [3.63, 3.8) is 0 Å². The molecule has 1 saturated heterocycles. The molecule has 1 N–H and O–H groups in total. The van der Waals surface area contributed by atoms with Crippen LogP contribution in [0.5, 0.6) is 0 Å². The predicted molar refractivity (Wildman–Crippen MR) is 89.4 cm³/mol. The van der Waals surface area contributed by atoms with Gasteiger partial charge in [0.25, 0.3) is 0 Å². The quantitative estimate of drug-likeness (QED) is 0.258. The van der Waals surface area contributed by atoms with E-state index in [0.717, 1.165) is 0 Å². The molecule has 0 amide bonds. The second kappa shape index (κ2) is 12.6. The molecule has 1 fully saturated rings. The maximum Gasteiger partial charge on any atom is 3.00 e. The number of hydrogen-bond donors (Lipinski definition) is 1. The van der Waals surface area contributed by atoms with Crippen LogP contribution in [0.4, 0.5) is 0 Å². The molecule has 0 saturated carbocycles. The minimum atomic E-state index is -3.75. The van der Waals surface area contributed by atoms with E-state index in [9.17, 15) is 39.2 Å². The fraction of sp³-hybridized carbons (Fsp3) is 0.786. The van der Waals surface area contributed by atoms with Gasteiger partial charge in [-0.05, 0) is 6.42 Å². The molecule has 1 heterocycles. The summed E-state index contributed by atoms with van der Waals surface area (Å²) in [5, 5.41) is 32.2. The Hall–Kier alpha value is -0.884. The van der Waals surface area contributed by atoms with Crippen molar-refractivity contribution in [1.82, 2.24) is 14.7 Å². The molecule has 1 aliphatic heterocycles. The molecule has 1 aliphatic rings. The van der Waals surface area contributed by atoms with Crippen LogP contribution in [-0.2, 0) is 18.9 Å². The van der Waals surface area contributed by atoms with Gasteiger partial charge in [0, 0.05) is 64.5 Å². The molecule has 1 unspecified atom stereocenters. The zero-order valence-electron chi connectivity index (χ0n) is 14.9. The zero-order valence-corrected chi connectivity index (χ0v) is 18.3. The van der Waals surface area contributed by atoms with Crippen molar-refractivity contribution in [2.24, 2.45) is 0 Å². The number of carbonyl (C=O) groups excluding carboxylic acids is 3. The average Bonchev–Trinajstić information content (AvgIpc) is 2.58. The molecule has 0 aromatic carbocycles. The molecule has 11 nitrogen and oxygen atoms in total. The normalized spacial score (nSPS) is 19.7. The van der Waals surface area contributed by atoms with Crippen LogP contribution in [0, 0.1) is 0 Å². The number of rotatable bonds is 9. The minimum absolute atomic E-state index is 0. The Bertz CT molecular complexity index is 536. The molecule has 150 valence electrons. The van der Waals surface area contributed by atoms with Crippen molar-refractivity contribution in [2.75, 3.05) is 64.8 Å². The molecule has 0 radical (unpaired) electrons. The van der Waals surface area contributed by atoms with E-state index in [0.29, 0.717) is 13.1 Å². The number of carboxylic acids is 3. The molecule has 0 aromatic heterocycles. The van der Waals surface area contributed by atoms with Gasteiger partial charge in [-0.25, -0.2) is 0 Å². The van der Waals surface area contributed by atoms with E-state index in [2.05, 4.69) is 0 Å². The third-order valence-corrected chi connectivity index (χ3v) is 5.75. The molecule has 1 atom stereocenters. The largest absolute Gasteiger partial charge is 3.00 e. The molecule has 0 aliphatic carbocycles. The Morgan fingerprint density at radius 1 is 0.778 bits per heavy atom. The second-order valence-corrected chi connectivity index (χ2v) is 8.67. The van der Waals surface area contributed by atoms with Gasteiger partial charge in [-0.3, -0.25) is 19.3 Å². The Morgan fingerprint density at radius 2 is 1.15 bits per heavy atom. The number of hydrogen-bond acceptors (Lipinski definition) is 10. The number of carbonyl (C=O) groups is 3. The molecule has 1 rings (SSSR count). The van der Waals surface area contributed by atoms with Crippen molar-refractivity contribution in [2.45, 2.75) is 6.42 Å². The Morgan fingerprint density at radius 3 is 1.48 bits per heavy atom. The third kappa shape index (κ3) is 12.2. The third-order valence-electron chi connectivity index (χ3n) is 3.99. The van der Waals surface area contributed by atoms with Gasteiger partial charge in [0.15, 0.2) is 0 Å². The van der Waals surface area contributed by atoms with Gasteiger partial charge in [-0.2, -0.15) is 0 Å². The zero-order chi connectivity index (χ0) is 19.7. The van der Waals surface area contributed by atoms with E-state index in [1.807, 2.05) is 0 Å². The average molecular weight is 459 g/mol. The first-order chi connectivity index (χ1) is 12.1.